The van der Waals surface area contributed by atoms with Crippen LogP contribution in [0.25, 0.3) is 11.0 Å². The Morgan fingerprint density at radius 2 is 1.88 bits per heavy atom. The number of fused-ring (bicyclic) bond motifs is 1. The monoisotopic (exact) mass is 574 g/mol. The molecule has 9 nitrogen and oxygen atoms in total. The van der Waals surface area contributed by atoms with E-state index in [-0.39, 0.29) is 52.2 Å². The number of nitrogens with one attached hydrogen (secondary N) is 1. The molecule has 1 aromatic heterocycles. The number of nitrogens with two attached hydrogens (primary N) is 1. The van der Waals surface area contributed by atoms with E-state index in [2.05, 4.69) is 20.3 Å². The molecule has 0 spiro atoms. The minimum Gasteiger partial charge on any atom is -0.378 e. The molecule has 0 bridgehead atoms. The van der Waals surface area contributed by atoms with Crippen molar-refractivity contribution in [1.29, 1.82) is 0 Å². The third-order valence-corrected chi connectivity index (χ3v) is 7.48. The number of anilines is 1. The number of para-hydroxylation sites is 2. The van der Waals surface area contributed by atoms with Gasteiger partial charge in [-0.2, -0.15) is 13.2 Å². The fraction of sp³-hybridized carbons (Fsp3) is 0.370. The average Bonchev–Trinajstić information content (AvgIpc) is 2.88. The summed E-state index contributed by atoms with van der Waals surface area (Å²) in [6.45, 7) is 4.12. The highest BCUT2D eigenvalue weighted by molar-refractivity contribution is 6.35. The third-order valence-electron chi connectivity index (χ3n) is 7.08. The Morgan fingerprint density at radius 1 is 1.18 bits per heavy atom. The van der Waals surface area contributed by atoms with Gasteiger partial charge in [-0.1, -0.05) is 35.9 Å². The van der Waals surface area contributed by atoms with Crippen molar-refractivity contribution < 1.29 is 27.5 Å². The maximum absolute atomic E-state index is 13.8. The van der Waals surface area contributed by atoms with Gasteiger partial charge in [-0.05, 0) is 44.9 Å². The molecule has 13 heteroatoms. The number of aliphatic imine (C=N–C) groups is 1. The van der Waals surface area contributed by atoms with Crippen LogP contribution in [0.1, 0.15) is 54.9 Å². The number of amides is 2. The van der Waals surface area contributed by atoms with E-state index in [1.807, 2.05) is 6.92 Å². The Morgan fingerprint density at radius 3 is 2.52 bits per heavy atom. The molecule has 5 rings (SSSR count). The Balaban J connectivity index is 1.47. The lowest BCUT2D eigenvalue weighted by atomic mass is 9.86. The molecule has 2 aromatic carbocycles. The molecule has 3 aromatic rings. The molecule has 3 atom stereocenters. The van der Waals surface area contributed by atoms with Crippen molar-refractivity contribution in [2.75, 3.05) is 11.9 Å². The van der Waals surface area contributed by atoms with Crippen LogP contribution < -0.4 is 11.1 Å². The Kier molecular flexibility index (Phi) is 7.17. The van der Waals surface area contributed by atoms with Crippen molar-refractivity contribution in [3.63, 3.8) is 0 Å². The van der Waals surface area contributed by atoms with Crippen molar-refractivity contribution in [2.45, 2.75) is 57.0 Å². The van der Waals surface area contributed by atoms with E-state index in [0.29, 0.717) is 25.0 Å². The molecule has 3 heterocycles. The third kappa shape index (κ3) is 5.20. The predicted octanol–water partition coefficient (Wildman–Crippen LogP) is 4.88. The molecule has 210 valence electrons. The van der Waals surface area contributed by atoms with Gasteiger partial charge in [0.25, 0.3) is 5.91 Å². The molecule has 0 saturated carbocycles. The predicted molar refractivity (Wildman–Crippen MR) is 143 cm³/mol. The average molecular weight is 575 g/mol. The van der Waals surface area contributed by atoms with E-state index < -0.39 is 29.0 Å². The summed E-state index contributed by atoms with van der Waals surface area (Å²) in [5.74, 6) is -1.33. The van der Waals surface area contributed by atoms with Crippen molar-refractivity contribution in [3.8, 4) is 0 Å². The van der Waals surface area contributed by atoms with Gasteiger partial charge in [0.2, 0.25) is 5.91 Å². The lowest BCUT2D eigenvalue weighted by Crippen LogP contribution is -2.56. The second kappa shape index (κ2) is 10.3. The summed E-state index contributed by atoms with van der Waals surface area (Å²) in [5.41, 5.74) is 3.33. The fourth-order valence-electron chi connectivity index (χ4n) is 5.19. The van der Waals surface area contributed by atoms with Crippen LogP contribution in [0.2, 0.25) is 5.02 Å². The van der Waals surface area contributed by atoms with Crippen molar-refractivity contribution >= 4 is 46.1 Å². The van der Waals surface area contributed by atoms with Gasteiger partial charge in [0.05, 0.1) is 39.8 Å². The van der Waals surface area contributed by atoms with Crippen LogP contribution in [0.15, 0.2) is 47.5 Å². The fourth-order valence-corrected chi connectivity index (χ4v) is 5.57. The molecule has 2 aliphatic rings. The van der Waals surface area contributed by atoms with Gasteiger partial charge in [-0.25, -0.2) is 15.0 Å². The van der Waals surface area contributed by atoms with E-state index in [1.165, 1.54) is 29.2 Å². The van der Waals surface area contributed by atoms with Crippen LogP contribution in [-0.2, 0) is 21.2 Å². The van der Waals surface area contributed by atoms with E-state index in [0.717, 1.165) is 0 Å². The highest BCUT2D eigenvalue weighted by atomic mass is 35.5. The minimum absolute atomic E-state index is 0.000925. The van der Waals surface area contributed by atoms with Crippen LogP contribution in [-0.4, -0.2) is 51.4 Å². The summed E-state index contributed by atoms with van der Waals surface area (Å²) in [5, 5.41) is 2.44. The maximum atomic E-state index is 13.8. The number of halogens is 4. The second-order valence-corrected chi connectivity index (χ2v) is 10.5. The molecule has 0 aliphatic carbocycles. The van der Waals surface area contributed by atoms with Crippen LogP contribution in [0, 0.1) is 0 Å². The van der Waals surface area contributed by atoms with E-state index in [1.54, 1.807) is 25.1 Å². The molecular formula is C27H26ClF3N6O3. The number of hydrogen-bond donors (Lipinski definition) is 2. The van der Waals surface area contributed by atoms with Crippen LogP contribution >= 0.6 is 11.6 Å². The molecule has 0 unspecified atom stereocenters. The smallest absolute Gasteiger partial charge is 0.378 e. The van der Waals surface area contributed by atoms with E-state index in [4.69, 9.17) is 22.1 Å². The lowest BCUT2D eigenvalue weighted by molar-refractivity contribution is -0.141. The molecule has 2 amide bonds. The van der Waals surface area contributed by atoms with Gasteiger partial charge in [0.15, 0.2) is 17.3 Å². The van der Waals surface area contributed by atoms with Gasteiger partial charge in [0, 0.05) is 18.2 Å². The number of alkyl halides is 3. The molecule has 3 N–H and O–H groups in total. The second-order valence-electron chi connectivity index (χ2n) is 10.1. The largest absolute Gasteiger partial charge is 0.435 e. The van der Waals surface area contributed by atoms with Crippen LogP contribution in [0.5, 0.6) is 0 Å². The number of carbonyl (C=O) groups is 2. The van der Waals surface area contributed by atoms with Gasteiger partial charge < -0.3 is 15.8 Å². The van der Waals surface area contributed by atoms with Gasteiger partial charge >= 0.3 is 6.18 Å². The first-order valence-electron chi connectivity index (χ1n) is 12.6. The van der Waals surface area contributed by atoms with E-state index >= 15 is 0 Å². The number of guanidine groups is 1. The number of carbonyl (C=O) groups excluding carboxylic acids is 2. The summed E-state index contributed by atoms with van der Waals surface area (Å²) in [6, 6.07) is 10.4. The van der Waals surface area contributed by atoms with Crippen molar-refractivity contribution in [3.05, 3.63) is 64.4 Å². The Labute approximate surface area is 232 Å². The lowest BCUT2D eigenvalue weighted by Gasteiger charge is -2.41. The summed E-state index contributed by atoms with van der Waals surface area (Å²) >= 11 is 6.66. The first-order chi connectivity index (χ1) is 18.9. The highest BCUT2D eigenvalue weighted by Gasteiger charge is 2.43. The van der Waals surface area contributed by atoms with Crippen LogP contribution in [0.3, 0.4) is 0 Å². The number of hydrogen-bond acceptors (Lipinski definition) is 7. The van der Waals surface area contributed by atoms with Gasteiger partial charge in [-0.15, -0.1) is 0 Å². The molecule has 2 aliphatic heterocycles. The maximum Gasteiger partial charge on any atom is 0.435 e. The topological polar surface area (TPSA) is 123 Å². The van der Waals surface area contributed by atoms with Crippen molar-refractivity contribution in [1.82, 2.24) is 14.9 Å². The van der Waals surface area contributed by atoms with Gasteiger partial charge in [0.1, 0.15) is 0 Å². The SMILES string of the molecule is C[C@@H]1C[C@H](N2C(=O)C[C@@](C)(c3cccc(NC(=O)c4nc5ccccc5nc4C(F)(F)F)c3Cl)N=C2N)CCO1. The molecule has 0 radical (unpaired) electrons. The van der Waals surface area contributed by atoms with E-state index in [9.17, 15) is 22.8 Å². The first-order valence-corrected chi connectivity index (χ1v) is 13.0. The summed E-state index contributed by atoms with van der Waals surface area (Å²) in [6.07, 6.45) is -3.75. The Hall–Kier alpha value is -3.77. The molecule has 1 fully saturated rings. The highest BCUT2D eigenvalue weighted by Crippen LogP contribution is 2.41. The van der Waals surface area contributed by atoms with Crippen LogP contribution in [0.4, 0.5) is 18.9 Å². The summed E-state index contributed by atoms with van der Waals surface area (Å²) in [7, 11) is 0. The number of aromatic nitrogens is 2. The quantitative estimate of drug-likeness (QED) is 0.458. The summed E-state index contributed by atoms with van der Waals surface area (Å²) < 4.78 is 47.0. The minimum atomic E-state index is -4.92. The Bertz CT molecular complexity index is 1530. The molecule has 1 saturated heterocycles. The standard InChI is InChI=1S/C27H26ClF3N6O3/c1-14-12-15(10-11-40-14)37-20(38)13-26(2,36-25(37)32)16-6-5-9-19(21(16)28)35-24(39)22-23(27(29,30)31)34-18-8-4-3-7-17(18)33-22/h3-9,14-15H,10-13H2,1-2H3,(H2,32,36)(H,35,39)/t14-,15-,26+/m1/s1. The molecule has 40 heavy (non-hydrogen) atoms. The number of rotatable bonds is 4. The van der Waals surface area contributed by atoms with Gasteiger partial charge in [-0.3, -0.25) is 14.5 Å². The number of ether oxygens (including phenoxy) is 1. The molecular weight excluding hydrogens is 549 g/mol. The zero-order valence-corrected chi connectivity index (χ0v) is 22.4. The zero-order valence-electron chi connectivity index (χ0n) is 21.6. The normalized spacial score (nSPS) is 23.7. The first kappa shape index (κ1) is 27.8. The number of benzene rings is 2. The van der Waals surface area contributed by atoms with Crippen molar-refractivity contribution in [2.24, 2.45) is 10.7 Å². The summed E-state index contributed by atoms with van der Waals surface area (Å²) in [4.78, 5) is 40.1. The zero-order chi connectivity index (χ0) is 28.8. The number of nitrogens with zero attached hydrogens (tertiary/aromatic N) is 4.